The van der Waals surface area contributed by atoms with Gasteiger partial charge < -0.3 is 10.1 Å². The van der Waals surface area contributed by atoms with Crippen LogP contribution in [0.15, 0.2) is 0 Å². The molecule has 2 fully saturated rings. The highest BCUT2D eigenvalue weighted by Crippen LogP contribution is 2.58. The third kappa shape index (κ3) is 0.959. The van der Waals surface area contributed by atoms with Gasteiger partial charge >= 0.3 is 5.97 Å². The molecule has 1 saturated heterocycles. The number of rotatable bonds is 2. The highest BCUT2D eigenvalue weighted by molar-refractivity contribution is 5.78. The van der Waals surface area contributed by atoms with Gasteiger partial charge in [-0.15, -0.1) is 0 Å². The van der Waals surface area contributed by atoms with Crippen LogP contribution in [-0.4, -0.2) is 25.2 Å². The number of hydrogen-bond donors (Lipinski definition) is 1. The van der Waals surface area contributed by atoms with E-state index in [-0.39, 0.29) is 17.4 Å². The predicted octanol–water partition coefficient (Wildman–Crippen LogP) is 0.547. The zero-order chi connectivity index (χ0) is 8.77. The second-order valence-corrected chi connectivity index (χ2v) is 4.00. The van der Waals surface area contributed by atoms with Crippen molar-refractivity contribution in [2.24, 2.45) is 11.3 Å². The van der Waals surface area contributed by atoms with E-state index >= 15 is 0 Å². The Morgan fingerprint density at radius 2 is 2.50 bits per heavy atom. The average molecular weight is 169 g/mol. The van der Waals surface area contributed by atoms with Gasteiger partial charge in [0.05, 0.1) is 6.61 Å². The molecule has 3 nitrogen and oxygen atoms in total. The molecule has 68 valence electrons. The van der Waals surface area contributed by atoms with Crippen LogP contribution in [0.4, 0.5) is 0 Å². The number of hydrogen-bond acceptors (Lipinski definition) is 3. The summed E-state index contributed by atoms with van der Waals surface area (Å²) in [5.74, 6) is 0.645. The highest BCUT2D eigenvalue weighted by Gasteiger charge is 2.62. The van der Waals surface area contributed by atoms with E-state index in [1.807, 2.05) is 6.92 Å². The smallest absolute Gasteiger partial charge is 0.323 e. The quantitative estimate of drug-likeness (QED) is 0.613. The largest absolute Gasteiger partial charge is 0.465 e. The van der Waals surface area contributed by atoms with Gasteiger partial charge in [-0.2, -0.15) is 0 Å². The van der Waals surface area contributed by atoms with Crippen LogP contribution in [0.2, 0.25) is 0 Å². The normalized spacial score (nSPS) is 43.8. The van der Waals surface area contributed by atoms with Crippen molar-refractivity contribution in [1.29, 1.82) is 0 Å². The molecule has 12 heavy (non-hydrogen) atoms. The molecule has 0 radical (unpaired) electrons. The highest BCUT2D eigenvalue weighted by atomic mass is 16.5. The van der Waals surface area contributed by atoms with Gasteiger partial charge in [0.15, 0.2) is 0 Å². The summed E-state index contributed by atoms with van der Waals surface area (Å²) in [6, 6.07) is -0.0394. The molecule has 3 unspecified atom stereocenters. The summed E-state index contributed by atoms with van der Waals surface area (Å²) in [6.07, 6.45) is 1.18. The second-order valence-electron chi connectivity index (χ2n) is 4.00. The molecule has 1 aliphatic heterocycles. The molecule has 1 heterocycles. The fourth-order valence-corrected chi connectivity index (χ4v) is 2.20. The van der Waals surface area contributed by atoms with E-state index in [1.54, 1.807) is 0 Å². The Balaban J connectivity index is 2.00. The third-order valence-electron chi connectivity index (χ3n) is 3.21. The van der Waals surface area contributed by atoms with Crippen LogP contribution in [0, 0.1) is 11.3 Å². The number of piperidine rings is 1. The fourth-order valence-electron chi connectivity index (χ4n) is 2.20. The van der Waals surface area contributed by atoms with Crippen molar-refractivity contribution >= 4 is 5.97 Å². The zero-order valence-electron chi connectivity index (χ0n) is 7.59. The molecular weight excluding hydrogens is 154 g/mol. The minimum Gasteiger partial charge on any atom is -0.465 e. The Hall–Kier alpha value is -0.570. The van der Waals surface area contributed by atoms with Crippen LogP contribution >= 0.6 is 0 Å². The van der Waals surface area contributed by atoms with Crippen molar-refractivity contribution in [2.45, 2.75) is 26.3 Å². The first-order chi connectivity index (χ1) is 5.68. The number of carbonyl (C=O) groups is 1. The van der Waals surface area contributed by atoms with Gasteiger partial charge in [0.25, 0.3) is 0 Å². The molecule has 2 aliphatic rings. The maximum absolute atomic E-state index is 11.4. The van der Waals surface area contributed by atoms with Crippen molar-refractivity contribution < 1.29 is 9.53 Å². The molecule has 1 aliphatic carbocycles. The lowest BCUT2D eigenvalue weighted by Gasteiger charge is -2.17. The van der Waals surface area contributed by atoms with Crippen molar-refractivity contribution in [3.63, 3.8) is 0 Å². The topological polar surface area (TPSA) is 38.3 Å². The molecule has 0 amide bonds. The standard InChI is InChI=1S/C9H15NO2/c1-3-12-8(11)7-9(2)4-6(9)5-10-7/h6-7,10H,3-5H2,1-2H3. The fraction of sp³-hybridized carbons (Fsp3) is 0.889. The first-order valence-electron chi connectivity index (χ1n) is 4.58. The molecule has 2 rings (SSSR count). The number of ether oxygens (including phenoxy) is 1. The Labute approximate surface area is 72.5 Å². The molecule has 3 heteroatoms. The molecule has 0 bridgehead atoms. The third-order valence-corrected chi connectivity index (χ3v) is 3.21. The van der Waals surface area contributed by atoms with E-state index in [0.29, 0.717) is 12.5 Å². The zero-order valence-corrected chi connectivity index (χ0v) is 7.59. The molecule has 3 atom stereocenters. The monoisotopic (exact) mass is 169 g/mol. The van der Waals surface area contributed by atoms with E-state index < -0.39 is 0 Å². The number of nitrogens with one attached hydrogen (secondary N) is 1. The Bertz CT molecular complexity index is 215. The van der Waals surface area contributed by atoms with Gasteiger partial charge in [0.2, 0.25) is 0 Å². The van der Waals surface area contributed by atoms with Crippen LogP contribution in [0.25, 0.3) is 0 Å². The second kappa shape index (κ2) is 2.46. The predicted molar refractivity (Wildman–Crippen MR) is 44.6 cm³/mol. The minimum absolute atomic E-state index is 0.0394. The van der Waals surface area contributed by atoms with Crippen molar-refractivity contribution in [3.8, 4) is 0 Å². The van der Waals surface area contributed by atoms with Crippen LogP contribution in [0.5, 0.6) is 0 Å². The summed E-state index contributed by atoms with van der Waals surface area (Å²) in [7, 11) is 0. The van der Waals surface area contributed by atoms with Crippen LogP contribution in [0.1, 0.15) is 20.3 Å². The lowest BCUT2D eigenvalue weighted by molar-refractivity contribution is -0.146. The Morgan fingerprint density at radius 1 is 1.75 bits per heavy atom. The van der Waals surface area contributed by atoms with Gasteiger partial charge in [-0.1, -0.05) is 6.92 Å². The molecule has 1 saturated carbocycles. The number of carbonyl (C=O) groups excluding carboxylic acids is 1. The van der Waals surface area contributed by atoms with E-state index in [0.717, 1.165) is 6.54 Å². The van der Waals surface area contributed by atoms with E-state index in [9.17, 15) is 4.79 Å². The molecule has 0 spiro atoms. The number of fused-ring (bicyclic) bond motifs is 1. The Morgan fingerprint density at radius 3 is 2.92 bits per heavy atom. The summed E-state index contributed by atoms with van der Waals surface area (Å²) in [4.78, 5) is 11.4. The summed E-state index contributed by atoms with van der Waals surface area (Å²) in [5, 5.41) is 3.21. The van der Waals surface area contributed by atoms with Gasteiger partial charge in [-0.3, -0.25) is 4.79 Å². The van der Waals surface area contributed by atoms with Crippen molar-refractivity contribution in [3.05, 3.63) is 0 Å². The van der Waals surface area contributed by atoms with Gasteiger partial charge in [0.1, 0.15) is 6.04 Å². The molecule has 0 aromatic rings. The summed E-state index contributed by atoms with van der Waals surface area (Å²) >= 11 is 0. The first-order valence-corrected chi connectivity index (χ1v) is 4.58. The lowest BCUT2D eigenvalue weighted by Crippen LogP contribution is -2.39. The van der Waals surface area contributed by atoms with Crippen LogP contribution in [-0.2, 0) is 9.53 Å². The van der Waals surface area contributed by atoms with Crippen molar-refractivity contribution in [1.82, 2.24) is 5.32 Å². The summed E-state index contributed by atoms with van der Waals surface area (Å²) in [5.41, 5.74) is 0.215. The van der Waals surface area contributed by atoms with E-state index in [1.165, 1.54) is 6.42 Å². The summed E-state index contributed by atoms with van der Waals surface area (Å²) < 4.78 is 4.99. The SMILES string of the molecule is CCOC(=O)C1NCC2CC21C. The molecule has 1 N–H and O–H groups in total. The first kappa shape index (κ1) is 8.05. The molecule has 0 aromatic heterocycles. The van der Waals surface area contributed by atoms with Gasteiger partial charge in [-0.05, 0) is 31.2 Å². The molecular formula is C9H15NO2. The summed E-state index contributed by atoms with van der Waals surface area (Å²) in [6.45, 7) is 5.48. The average Bonchev–Trinajstić information content (AvgIpc) is 2.55. The molecule has 0 aromatic carbocycles. The van der Waals surface area contributed by atoms with Gasteiger partial charge in [0, 0.05) is 0 Å². The van der Waals surface area contributed by atoms with E-state index in [4.69, 9.17) is 4.74 Å². The minimum atomic E-state index is -0.0694. The van der Waals surface area contributed by atoms with E-state index in [2.05, 4.69) is 12.2 Å². The maximum atomic E-state index is 11.4. The van der Waals surface area contributed by atoms with Crippen LogP contribution in [0.3, 0.4) is 0 Å². The number of esters is 1. The van der Waals surface area contributed by atoms with Gasteiger partial charge in [-0.25, -0.2) is 0 Å². The Kier molecular flexibility index (Phi) is 1.65. The van der Waals surface area contributed by atoms with Crippen LogP contribution < -0.4 is 5.32 Å². The maximum Gasteiger partial charge on any atom is 0.323 e. The van der Waals surface area contributed by atoms with Crippen molar-refractivity contribution in [2.75, 3.05) is 13.2 Å². The lowest BCUT2D eigenvalue weighted by atomic mass is 10.00.